The van der Waals surface area contributed by atoms with E-state index in [0.717, 1.165) is 28.4 Å². The van der Waals surface area contributed by atoms with Crippen LogP contribution in [0, 0.1) is 0 Å². The van der Waals surface area contributed by atoms with Gasteiger partial charge in [-0.15, -0.1) is 0 Å². The Morgan fingerprint density at radius 3 is 2.47 bits per heavy atom. The van der Waals surface area contributed by atoms with Gasteiger partial charge in [0, 0.05) is 5.69 Å². The largest absolute Gasteiger partial charge is 0.399 e. The van der Waals surface area contributed by atoms with Gasteiger partial charge in [-0.25, -0.2) is 0 Å². The summed E-state index contributed by atoms with van der Waals surface area (Å²) in [5.74, 6) is 0. The predicted molar refractivity (Wildman–Crippen MR) is 66.6 cm³/mol. The molecule has 0 aliphatic heterocycles. The number of anilines is 3. The van der Waals surface area contributed by atoms with Crippen molar-refractivity contribution in [3.05, 3.63) is 29.8 Å². The van der Waals surface area contributed by atoms with Gasteiger partial charge in [-0.1, -0.05) is 13.0 Å². The van der Waals surface area contributed by atoms with Crippen molar-refractivity contribution >= 4 is 27.8 Å². The van der Waals surface area contributed by atoms with E-state index in [4.69, 9.17) is 17.2 Å². The summed E-state index contributed by atoms with van der Waals surface area (Å²) in [6.45, 7) is 2.07. The lowest BCUT2D eigenvalue weighted by atomic mass is 9.99. The monoisotopic (exact) mass is 201 g/mol. The molecule has 0 atom stereocenters. The molecular formula is C12H15N3. The molecule has 0 aliphatic carbocycles. The van der Waals surface area contributed by atoms with Gasteiger partial charge >= 0.3 is 0 Å². The van der Waals surface area contributed by atoms with E-state index < -0.39 is 0 Å². The van der Waals surface area contributed by atoms with Crippen molar-refractivity contribution in [2.75, 3.05) is 17.2 Å². The summed E-state index contributed by atoms with van der Waals surface area (Å²) in [5, 5.41) is 2.19. The van der Waals surface area contributed by atoms with E-state index in [1.807, 2.05) is 24.3 Å². The predicted octanol–water partition coefficient (Wildman–Crippen LogP) is 2.15. The number of nitrogens with two attached hydrogens (primary N) is 3. The maximum absolute atomic E-state index is 5.94. The van der Waals surface area contributed by atoms with Crippen LogP contribution in [0.2, 0.25) is 0 Å². The zero-order valence-electron chi connectivity index (χ0n) is 8.75. The van der Waals surface area contributed by atoms with Gasteiger partial charge in [0.1, 0.15) is 0 Å². The van der Waals surface area contributed by atoms with E-state index >= 15 is 0 Å². The Morgan fingerprint density at radius 2 is 1.80 bits per heavy atom. The first kappa shape index (κ1) is 9.65. The average Bonchev–Trinajstić information content (AvgIpc) is 2.20. The molecule has 0 heterocycles. The number of nitrogen functional groups attached to an aromatic ring is 3. The van der Waals surface area contributed by atoms with Crippen molar-refractivity contribution in [1.29, 1.82) is 0 Å². The maximum atomic E-state index is 5.94. The molecule has 0 saturated heterocycles. The molecule has 78 valence electrons. The Labute approximate surface area is 88.9 Å². The van der Waals surface area contributed by atoms with Crippen molar-refractivity contribution in [2.24, 2.45) is 0 Å². The minimum Gasteiger partial charge on any atom is -0.399 e. The van der Waals surface area contributed by atoms with Gasteiger partial charge in [-0.3, -0.25) is 0 Å². The minimum absolute atomic E-state index is 0.630. The molecule has 2 rings (SSSR count). The molecule has 6 N–H and O–H groups in total. The highest BCUT2D eigenvalue weighted by Crippen LogP contribution is 2.31. The normalized spacial score (nSPS) is 10.7. The van der Waals surface area contributed by atoms with Crippen molar-refractivity contribution < 1.29 is 0 Å². The summed E-state index contributed by atoms with van der Waals surface area (Å²) in [4.78, 5) is 0. The van der Waals surface area contributed by atoms with Crippen LogP contribution in [0.3, 0.4) is 0 Å². The molecule has 0 aliphatic rings. The van der Waals surface area contributed by atoms with E-state index in [2.05, 4.69) is 6.92 Å². The molecule has 3 heteroatoms. The van der Waals surface area contributed by atoms with Gasteiger partial charge in [-0.05, 0) is 41.0 Å². The third kappa shape index (κ3) is 1.46. The van der Waals surface area contributed by atoms with Gasteiger partial charge < -0.3 is 17.2 Å². The summed E-state index contributed by atoms with van der Waals surface area (Å²) < 4.78 is 0. The summed E-state index contributed by atoms with van der Waals surface area (Å²) in [6, 6.07) is 7.68. The molecule has 0 fully saturated rings. The van der Waals surface area contributed by atoms with Gasteiger partial charge in [0.25, 0.3) is 0 Å². The fraction of sp³-hybridized carbons (Fsp3) is 0.167. The number of hydrogen-bond donors (Lipinski definition) is 3. The minimum atomic E-state index is 0.630. The molecule has 0 bridgehead atoms. The highest BCUT2D eigenvalue weighted by molar-refractivity contribution is 5.96. The van der Waals surface area contributed by atoms with Crippen LogP contribution in [0.1, 0.15) is 12.5 Å². The highest BCUT2D eigenvalue weighted by Gasteiger charge is 2.07. The molecule has 0 unspecified atom stereocenters. The zero-order chi connectivity index (χ0) is 11.0. The zero-order valence-corrected chi connectivity index (χ0v) is 8.75. The van der Waals surface area contributed by atoms with Crippen molar-refractivity contribution in [1.82, 2.24) is 0 Å². The lowest BCUT2D eigenvalue weighted by molar-refractivity contribution is 1.16. The molecule has 3 nitrogen and oxygen atoms in total. The molecule has 2 aromatic rings. The summed E-state index contributed by atoms with van der Waals surface area (Å²) in [7, 11) is 0. The molecule has 0 radical (unpaired) electrons. The van der Waals surface area contributed by atoms with Crippen LogP contribution in [0.5, 0.6) is 0 Å². The van der Waals surface area contributed by atoms with Gasteiger partial charge in [0.2, 0.25) is 0 Å². The number of rotatable bonds is 1. The van der Waals surface area contributed by atoms with E-state index in [-0.39, 0.29) is 0 Å². The van der Waals surface area contributed by atoms with Crippen LogP contribution in [-0.4, -0.2) is 0 Å². The van der Waals surface area contributed by atoms with Crippen LogP contribution in [0.15, 0.2) is 24.3 Å². The summed E-state index contributed by atoms with van der Waals surface area (Å²) in [5.41, 5.74) is 20.7. The smallest absolute Gasteiger partial charge is 0.0586 e. The first-order chi connectivity index (χ1) is 7.13. The topological polar surface area (TPSA) is 78.1 Å². The molecule has 0 aromatic heterocycles. The van der Waals surface area contributed by atoms with Crippen LogP contribution in [0.4, 0.5) is 17.1 Å². The lowest BCUT2D eigenvalue weighted by Crippen LogP contribution is -2.00. The Balaban J connectivity index is 2.88. The fourth-order valence-corrected chi connectivity index (χ4v) is 1.92. The Morgan fingerprint density at radius 1 is 1.07 bits per heavy atom. The third-order valence-electron chi connectivity index (χ3n) is 2.70. The van der Waals surface area contributed by atoms with E-state index in [1.54, 1.807) is 0 Å². The van der Waals surface area contributed by atoms with E-state index in [1.165, 1.54) is 0 Å². The lowest BCUT2D eigenvalue weighted by Gasteiger charge is -2.11. The number of aryl methyl sites for hydroxylation is 1. The van der Waals surface area contributed by atoms with Crippen molar-refractivity contribution in [3.63, 3.8) is 0 Å². The van der Waals surface area contributed by atoms with Gasteiger partial charge in [0.05, 0.1) is 11.4 Å². The third-order valence-corrected chi connectivity index (χ3v) is 2.70. The average molecular weight is 201 g/mol. The fourth-order valence-electron chi connectivity index (χ4n) is 1.92. The first-order valence-corrected chi connectivity index (χ1v) is 4.99. The second-order valence-electron chi connectivity index (χ2n) is 3.69. The number of fused-ring (bicyclic) bond motifs is 1. The highest BCUT2D eigenvalue weighted by atomic mass is 14.7. The van der Waals surface area contributed by atoms with E-state index in [9.17, 15) is 0 Å². The van der Waals surface area contributed by atoms with Crippen LogP contribution < -0.4 is 17.2 Å². The van der Waals surface area contributed by atoms with Crippen LogP contribution >= 0.6 is 0 Å². The van der Waals surface area contributed by atoms with Gasteiger partial charge in [0.15, 0.2) is 0 Å². The molecule has 0 amide bonds. The Bertz CT molecular complexity index is 518. The standard InChI is InChI=1S/C12H15N3/c1-2-9-10-4-3-8(13)5-7(10)6-11(14)12(9)15/h3-6H,2,13-15H2,1H3. The quantitative estimate of drug-likeness (QED) is 0.618. The molecule has 0 saturated carbocycles. The second-order valence-corrected chi connectivity index (χ2v) is 3.69. The maximum Gasteiger partial charge on any atom is 0.0586 e. The number of hydrogen-bond acceptors (Lipinski definition) is 3. The Kier molecular flexibility index (Phi) is 2.15. The van der Waals surface area contributed by atoms with Crippen molar-refractivity contribution in [3.8, 4) is 0 Å². The molecule has 15 heavy (non-hydrogen) atoms. The number of benzene rings is 2. The second kappa shape index (κ2) is 3.35. The first-order valence-electron chi connectivity index (χ1n) is 4.99. The van der Waals surface area contributed by atoms with Crippen LogP contribution in [-0.2, 0) is 6.42 Å². The van der Waals surface area contributed by atoms with E-state index in [0.29, 0.717) is 11.4 Å². The molecule has 0 spiro atoms. The summed E-state index contributed by atoms with van der Waals surface area (Å²) >= 11 is 0. The van der Waals surface area contributed by atoms with Gasteiger partial charge in [-0.2, -0.15) is 0 Å². The van der Waals surface area contributed by atoms with Crippen molar-refractivity contribution in [2.45, 2.75) is 13.3 Å². The van der Waals surface area contributed by atoms with Crippen LogP contribution in [0.25, 0.3) is 10.8 Å². The SMILES string of the molecule is CCc1c(N)c(N)cc2cc(N)ccc12. The Hall–Kier alpha value is -1.90. The molecule has 2 aromatic carbocycles. The molecular weight excluding hydrogens is 186 g/mol. The summed E-state index contributed by atoms with van der Waals surface area (Å²) in [6.07, 6.45) is 0.872.